The van der Waals surface area contributed by atoms with Crippen molar-refractivity contribution in [3.05, 3.63) is 63.7 Å². The van der Waals surface area contributed by atoms with Crippen LogP contribution in [0.25, 0.3) is 0 Å². The molecule has 2 aromatic carbocycles. The van der Waals surface area contributed by atoms with Gasteiger partial charge in [-0.25, -0.2) is 0 Å². The standard InChI is InChI=1S/C19H22N2O4/c1-19(2,3)14-7-9-15(10-8-14)20(4)18(22)13-6-11-17(25-5)16(12-13)21(23)24/h6-12H,1-5H3. The number of amides is 1. The number of nitro groups is 1. The fourth-order valence-corrected chi connectivity index (χ4v) is 2.46. The highest BCUT2D eigenvalue weighted by Gasteiger charge is 2.21. The van der Waals surface area contributed by atoms with Crippen LogP contribution in [-0.4, -0.2) is 25.0 Å². The van der Waals surface area contributed by atoms with Crippen LogP contribution in [-0.2, 0) is 5.41 Å². The van der Waals surface area contributed by atoms with Crippen molar-refractivity contribution >= 4 is 17.3 Å². The lowest BCUT2D eigenvalue weighted by atomic mass is 9.87. The van der Waals surface area contributed by atoms with Gasteiger partial charge in [-0.3, -0.25) is 14.9 Å². The number of anilines is 1. The van der Waals surface area contributed by atoms with E-state index in [1.54, 1.807) is 7.05 Å². The van der Waals surface area contributed by atoms with Crippen molar-refractivity contribution < 1.29 is 14.5 Å². The van der Waals surface area contributed by atoms with Crippen LogP contribution in [0.4, 0.5) is 11.4 Å². The van der Waals surface area contributed by atoms with Gasteiger partial charge in [0.05, 0.1) is 12.0 Å². The Hall–Kier alpha value is -2.89. The number of carbonyl (C=O) groups excluding carboxylic acids is 1. The summed E-state index contributed by atoms with van der Waals surface area (Å²) in [5, 5.41) is 11.1. The molecule has 0 saturated carbocycles. The molecular formula is C19H22N2O4. The highest BCUT2D eigenvalue weighted by atomic mass is 16.6. The van der Waals surface area contributed by atoms with E-state index in [1.807, 2.05) is 24.3 Å². The van der Waals surface area contributed by atoms with Gasteiger partial charge >= 0.3 is 5.69 Å². The first-order chi connectivity index (χ1) is 11.6. The molecule has 0 aromatic heterocycles. The van der Waals surface area contributed by atoms with Gasteiger partial charge in [0.15, 0.2) is 5.75 Å². The van der Waals surface area contributed by atoms with Gasteiger partial charge < -0.3 is 9.64 Å². The van der Waals surface area contributed by atoms with Gasteiger partial charge in [0.2, 0.25) is 0 Å². The summed E-state index contributed by atoms with van der Waals surface area (Å²) in [7, 11) is 3.00. The Morgan fingerprint density at radius 3 is 2.20 bits per heavy atom. The van der Waals surface area contributed by atoms with Crippen molar-refractivity contribution in [3.8, 4) is 5.75 Å². The molecule has 2 rings (SSSR count). The van der Waals surface area contributed by atoms with Crippen LogP contribution in [0.1, 0.15) is 36.7 Å². The number of ether oxygens (including phenoxy) is 1. The molecule has 0 aliphatic heterocycles. The van der Waals surface area contributed by atoms with Crippen LogP contribution in [0.3, 0.4) is 0 Å². The summed E-state index contributed by atoms with van der Waals surface area (Å²) in [5.74, 6) is -0.201. The van der Waals surface area contributed by atoms with Crippen molar-refractivity contribution in [2.24, 2.45) is 0 Å². The molecule has 0 radical (unpaired) electrons. The molecule has 1 amide bonds. The maximum atomic E-state index is 12.7. The van der Waals surface area contributed by atoms with E-state index in [0.29, 0.717) is 0 Å². The number of rotatable bonds is 4. The molecule has 6 nitrogen and oxygen atoms in total. The van der Waals surface area contributed by atoms with Crippen molar-refractivity contribution in [3.63, 3.8) is 0 Å². The molecular weight excluding hydrogens is 320 g/mol. The number of methoxy groups -OCH3 is 1. The number of carbonyl (C=O) groups is 1. The van der Waals surface area contributed by atoms with Gasteiger partial charge in [-0.1, -0.05) is 32.9 Å². The maximum Gasteiger partial charge on any atom is 0.311 e. The Kier molecular flexibility index (Phi) is 5.11. The Morgan fingerprint density at radius 2 is 1.72 bits per heavy atom. The summed E-state index contributed by atoms with van der Waals surface area (Å²) < 4.78 is 4.96. The highest BCUT2D eigenvalue weighted by molar-refractivity contribution is 6.06. The van der Waals surface area contributed by atoms with Crippen LogP contribution >= 0.6 is 0 Å². The van der Waals surface area contributed by atoms with Crippen LogP contribution < -0.4 is 9.64 Å². The summed E-state index contributed by atoms with van der Waals surface area (Å²) in [6.07, 6.45) is 0. The summed E-state index contributed by atoms with van der Waals surface area (Å²) in [6.45, 7) is 6.36. The van der Waals surface area contributed by atoms with Gasteiger partial charge in [0, 0.05) is 24.4 Å². The van der Waals surface area contributed by atoms with E-state index in [4.69, 9.17) is 4.74 Å². The predicted octanol–water partition coefficient (Wildman–Crippen LogP) is 4.18. The van der Waals surface area contributed by atoms with Crippen molar-refractivity contribution in [2.45, 2.75) is 26.2 Å². The van der Waals surface area contributed by atoms with E-state index in [9.17, 15) is 14.9 Å². The fourth-order valence-electron chi connectivity index (χ4n) is 2.46. The molecule has 0 aliphatic rings. The first-order valence-electron chi connectivity index (χ1n) is 7.86. The lowest BCUT2D eigenvalue weighted by molar-refractivity contribution is -0.385. The fraction of sp³-hybridized carbons (Fsp3) is 0.316. The molecule has 6 heteroatoms. The van der Waals surface area contributed by atoms with Gasteiger partial charge in [-0.15, -0.1) is 0 Å². The molecule has 2 aromatic rings. The third-order valence-corrected chi connectivity index (χ3v) is 4.05. The minimum absolute atomic E-state index is 0.0255. The summed E-state index contributed by atoms with van der Waals surface area (Å²) in [5.41, 5.74) is 1.91. The van der Waals surface area contributed by atoms with E-state index in [1.165, 1.54) is 30.2 Å². The molecule has 0 N–H and O–H groups in total. The molecule has 0 unspecified atom stereocenters. The lowest BCUT2D eigenvalue weighted by Gasteiger charge is -2.22. The Morgan fingerprint density at radius 1 is 1.12 bits per heavy atom. The van der Waals surface area contributed by atoms with Crippen molar-refractivity contribution in [1.82, 2.24) is 0 Å². The topological polar surface area (TPSA) is 72.7 Å². The van der Waals surface area contributed by atoms with E-state index < -0.39 is 4.92 Å². The minimum atomic E-state index is -0.562. The van der Waals surface area contributed by atoms with E-state index in [-0.39, 0.29) is 28.3 Å². The third-order valence-electron chi connectivity index (χ3n) is 4.05. The van der Waals surface area contributed by atoms with Crippen LogP contribution in [0.2, 0.25) is 0 Å². The van der Waals surface area contributed by atoms with Crippen molar-refractivity contribution in [2.75, 3.05) is 19.1 Å². The molecule has 0 aliphatic carbocycles. The highest BCUT2D eigenvalue weighted by Crippen LogP contribution is 2.29. The molecule has 0 spiro atoms. The second-order valence-electron chi connectivity index (χ2n) is 6.80. The molecule has 0 bridgehead atoms. The normalized spacial score (nSPS) is 11.1. The lowest BCUT2D eigenvalue weighted by Crippen LogP contribution is -2.26. The number of hydrogen-bond donors (Lipinski definition) is 0. The number of benzene rings is 2. The third kappa shape index (κ3) is 3.96. The van der Waals surface area contributed by atoms with Gasteiger partial charge in [-0.2, -0.15) is 0 Å². The van der Waals surface area contributed by atoms with Gasteiger partial charge in [-0.05, 0) is 35.2 Å². The average Bonchev–Trinajstić information content (AvgIpc) is 2.59. The maximum absolute atomic E-state index is 12.7. The largest absolute Gasteiger partial charge is 0.490 e. The first kappa shape index (κ1) is 18.4. The quantitative estimate of drug-likeness (QED) is 0.617. The Balaban J connectivity index is 2.31. The molecule has 0 saturated heterocycles. The molecule has 0 heterocycles. The van der Waals surface area contributed by atoms with Crippen molar-refractivity contribution in [1.29, 1.82) is 0 Å². The van der Waals surface area contributed by atoms with E-state index >= 15 is 0 Å². The summed E-state index contributed by atoms with van der Waals surface area (Å²) >= 11 is 0. The van der Waals surface area contributed by atoms with Crippen LogP contribution in [0.5, 0.6) is 5.75 Å². The Bertz CT molecular complexity index is 792. The average molecular weight is 342 g/mol. The zero-order valence-electron chi connectivity index (χ0n) is 15.1. The van der Waals surface area contributed by atoms with Gasteiger partial charge in [0.25, 0.3) is 5.91 Å². The molecule has 0 fully saturated rings. The van der Waals surface area contributed by atoms with Crippen LogP contribution in [0, 0.1) is 10.1 Å². The molecule has 132 valence electrons. The SMILES string of the molecule is COc1ccc(C(=O)N(C)c2ccc(C(C)(C)C)cc2)cc1[N+](=O)[O-]. The monoisotopic (exact) mass is 342 g/mol. The predicted molar refractivity (Wildman–Crippen MR) is 97.5 cm³/mol. The number of hydrogen-bond acceptors (Lipinski definition) is 4. The van der Waals surface area contributed by atoms with Crippen LogP contribution in [0.15, 0.2) is 42.5 Å². The first-order valence-corrected chi connectivity index (χ1v) is 7.86. The second kappa shape index (κ2) is 6.93. The Labute approximate surface area is 147 Å². The van der Waals surface area contributed by atoms with E-state index in [2.05, 4.69) is 20.8 Å². The number of nitro benzene ring substituents is 1. The summed E-state index contributed by atoms with van der Waals surface area (Å²) in [6, 6.07) is 11.9. The smallest absolute Gasteiger partial charge is 0.311 e. The zero-order valence-corrected chi connectivity index (χ0v) is 15.1. The number of nitrogens with zero attached hydrogens (tertiary/aromatic N) is 2. The zero-order chi connectivity index (χ0) is 18.8. The van der Waals surface area contributed by atoms with Gasteiger partial charge in [0.1, 0.15) is 0 Å². The van der Waals surface area contributed by atoms with E-state index in [0.717, 1.165) is 11.3 Å². The second-order valence-corrected chi connectivity index (χ2v) is 6.80. The summed E-state index contributed by atoms with van der Waals surface area (Å²) in [4.78, 5) is 24.7. The molecule has 25 heavy (non-hydrogen) atoms. The minimum Gasteiger partial charge on any atom is -0.490 e. The molecule has 0 atom stereocenters.